The van der Waals surface area contributed by atoms with Gasteiger partial charge in [0.2, 0.25) is 0 Å². The number of nitrogens with one attached hydrogen (secondary N) is 1. The summed E-state index contributed by atoms with van der Waals surface area (Å²) in [5.74, 6) is 0. The standard InChI is InChI=1S/C11H10BrN3O2S/c1-7(11-5-13-6-18-11)14-9-3-2-8(12)4-10(9)15(16)17/h2-7,14H,1H3. The van der Waals surface area contributed by atoms with Crippen LogP contribution in [-0.2, 0) is 0 Å². The van der Waals surface area contributed by atoms with Gasteiger partial charge >= 0.3 is 0 Å². The number of hydrogen-bond acceptors (Lipinski definition) is 5. The Labute approximate surface area is 116 Å². The largest absolute Gasteiger partial charge is 0.372 e. The molecule has 1 unspecified atom stereocenters. The molecule has 0 bridgehead atoms. The molecule has 94 valence electrons. The minimum Gasteiger partial charge on any atom is -0.372 e. The van der Waals surface area contributed by atoms with Crippen LogP contribution >= 0.6 is 27.3 Å². The summed E-state index contributed by atoms with van der Waals surface area (Å²) in [6.07, 6.45) is 1.76. The van der Waals surface area contributed by atoms with Gasteiger partial charge in [-0.3, -0.25) is 15.1 Å². The SMILES string of the molecule is CC(Nc1ccc(Br)cc1[N+](=O)[O-])c1cncs1. The van der Waals surface area contributed by atoms with E-state index in [2.05, 4.69) is 26.2 Å². The van der Waals surface area contributed by atoms with Crippen molar-refractivity contribution in [1.29, 1.82) is 0 Å². The van der Waals surface area contributed by atoms with E-state index >= 15 is 0 Å². The van der Waals surface area contributed by atoms with E-state index in [1.807, 2.05) is 6.92 Å². The molecule has 1 aromatic carbocycles. The zero-order valence-corrected chi connectivity index (χ0v) is 11.9. The molecule has 0 radical (unpaired) electrons. The molecular weight excluding hydrogens is 318 g/mol. The quantitative estimate of drug-likeness (QED) is 0.681. The van der Waals surface area contributed by atoms with E-state index in [0.29, 0.717) is 10.2 Å². The minimum absolute atomic E-state index is 0.0163. The Morgan fingerprint density at radius 3 is 2.94 bits per heavy atom. The molecule has 1 aromatic heterocycles. The first kappa shape index (κ1) is 13.0. The normalized spacial score (nSPS) is 12.1. The average molecular weight is 328 g/mol. The van der Waals surface area contributed by atoms with Crippen LogP contribution in [0.3, 0.4) is 0 Å². The van der Waals surface area contributed by atoms with Crippen molar-refractivity contribution in [1.82, 2.24) is 4.98 Å². The van der Waals surface area contributed by atoms with Crippen LogP contribution in [0, 0.1) is 10.1 Å². The summed E-state index contributed by atoms with van der Waals surface area (Å²) in [6.45, 7) is 1.94. The molecule has 0 amide bonds. The van der Waals surface area contributed by atoms with Crippen LogP contribution in [0.4, 0.5) is 11.4 Å². The highest BCUT2D eigenvalue weighted by Crippen LogP contribution is 2.31. The Hall–Kier alpha value is -1.47. The van der Waals surface area contributed by atoms with Gasteiger partial charge in [-0.15, -0.1) is 11.3 Å². The van der Waals surface area contributed by atoms with Crippen molar-refractivity contribution in [2.75, 3.05) is 5.32 Å². The lowest BCUT2D eigenvalue weighted by Crippen LogP contribution is -2.07. The van der Waals surface area contributed by atoms with Gasteiger partial charge in [-0.2, -0.15) is 0 Å². The maximum atomic E-state index is 11.0. The van der Waals surface area contributed by atoms with Crippen LogP contribution in [0.2, 0.25) is 0 Å². The molecule has 5 nitrogen and oxygen atoms in total. The van der Waals surface area contributed by atoms with Crippen molar-refractivity contribution in [3.05, 3.63) is 49.4 Å². The molecule has 0 saturated carbocycles. The van der Waals surface area contributed by atoms with Crippen LogP contribution < -0.4 is 5.32 Å². The number of hydrogen-bond donors (Lipinski definition) is 1. The Kier molecular flexibility index (Phi) is 3.93. The zero-order valence-electron chi connectivity index (χ0n) is 9.46. The van der Waals surface area contributed by atoms with E-state index < -0.39 is 4.92 Å². The van der Waals surface area contributed by atoms with E-state index in [1.165, 1.54) is 17.4 Å². The van der Waals surface area contributed by atoms with Crippen LogP contribution in [-0.4, -0.2) is 9.91 Å². The summed E-state index contributed by atoms with van der Waals surface area (Å²) in [6, 6.07) is 4.94. The molecule has 18 heavy (non-hydrogen) atoms. The summed E-state index contributed by atoms with van der Waals surface area (Å²) in [5.41, 5.74) is 2.30. The lowest BCUT2D eigenvalue weighted by atomic mass is 10.2. The average Bonchev–Trinajstić information content (AvgIpc) is 2.84. The maximum absolute atomic E-state index is 11.0. The number of nitro groups is 1. The fraction of sp³-hybridized carbons (Fsp3) is 0.182. The van der Waals surface area contributed by atoms with Gasteiger partial charge in [0.15, 0.2) is 0 Å². The molecule has 2 aromatic rings. The number of halogens is 1. The fourth-order valence-corrected chi connectivity index (χ4v) is 2.50. The molecule has 0 fully saturated rings. The second kappa shape index (κ2) is 5.45. The number of nitrogens with zero attached hydrogens (tertiary/aromatic N) is 2. The molecule has 1 heterocycles. The Morgan fingerprint density at radius 2 is 2.33 bits per heavy atom. The van der Waals surface area contributed by atoms with E-state index in [9.17, 15) is 10.1 Å². The monoisotopic (exact) mass is 327 g/mol. The minimum atomic E-state index is -0.396. The summed E-state index contributed by atoms with van der Waals surface area (Å²) in [7, 11) is 0. The lowest BCUT2D eigenvalue weighted by Gasteiger charge is -2.13. The third-order valence-corrected chi connectivity index (χ3v) is 3.86. The number of rotatable bonds is 4. The number of anilines is 1. The molecular formula is C11H10BrN3O2S. The van der Waals surface area contributed by atoms with Crippen molar-refractivity contribution in [2.24, 2.45) is 0 Å². The van der Waals surface area contributed by atoms with Gasteiger partial charge < -0.3 is 5.32 Å². The van der Waals surface area contributed by atoms with E-state index in [0.717, 1.165) is 4.88 Å². The second-order valence-electron chi connectivity index (χ2n) is 3.69. The fourth-order valence-electron chi connectivity index (χ4n) is 1.52. The highest BCUT2D eigenvalue weighted by atomic mass is 79.9. The van der Waals surface area contributed by atoms with Gasteiger partial charge in [-0.1, -0.05) is 15.9 Å². The van der Waals surface area contributed by atoms with E-state index in [-0.39, 0.29) is 11.7 Å². The lowest BCUT2D eigenvalue weighted by molar-refractivity contribution is -0.384. The summed E-state index contributed by atoms with van der Waals surface area (Å²) in [4.78, 5) is 15.6. The van der Waals surface area contributed by atoms with Crippen molar-refractivity contribution in [2.45, 2.75) is 13.0 Å². The van der Waals surface area contributed by atoms with Gasteiger partial charge in [-0.05, 0) is 19.1 Å². The van der Waals surface area contributed by atoms with Crippen LogP contribution in [0.5, 0.6) is 0 Å². The third kappa shape index (κ3) is 2.85. The van der Waals surface area contributed by atoms with Crippen molar-refractivity contribution < 1.29 is 4.92 Å². The summed E-state index contributed by atoms with van der Waals surface area (Å²) < 4.78 is 0.685. The number of benzene rings is 1. The van der Waals surface area contributed by atoms with Crippen LogP contribution in [0.25, 0.3) is 0 Å². The predicted molar refractivity (Wildman–Crippen MR) is 74.9 cm³/mol. The van der Waals surface area contributed by atoms with Gasteiger partial charge in [0.05, 0.1) is 16.5 Å². The first-order valence-electron chi connectivity index (χ1n) is 5.17. The number of thiazole rings is 1. The first-order valence-corrected chi connectivity index (χ1v) is 6.84. The van der Waals surface area contributed by atoms with Crippen molar-refractivity contribution >= 4 is 38.6 Å². The number of aromatic nitrogens is 1. The molecule has 0 aliphatic carbocycles. The second-order valence-corrected chi connectivity index (χ2v) is 5.52. The highest BCUT2D eigenvalue weighted by Gasteiger charge is 2.16. The van der Waals surface area contributed by atoms with Gasteiger partial charge in [0.25, 0.3) is 5.69 Å². The Bertz CT molecular complexity index is 559. The van der Waals surface area contributed by atoms with Gasteiger partial charge in [-0.25, -0.2) is 0 Å². The zero-order chi connectivity index (χ0) is 13.1. The van der Waals surface area contributed by atoms with E-state index in [1.54, 1.807) is 23.8 Å². The first-order chi connectivity index (χ1) is 8.58. The van der Waals surface area contributed by atoms with Crippen molar-refractivity contribution in [3.63, 3.8) is 0 Å². The smallest absolute Gasteiger partial charge is 0.293 e. The topological polar surface area (TPSA) is 68.1 Å². The Morgan fingerprint density at radius 1 is 1.56 bits per heavy atom. The molecule has 1 atom stereocenters. The predicted octanol–water partition coefficient (Wildman–Crippen LogP) is 3.99. The van der Waals surface area contributed by atoms with Gasteiger partial charge in [0.1, 0.15) is 5.69 Å². The molecule has 1 N–H and O–H groups in total. The molecule has 0 saturated heterocycles. The molecule has 2 rings (SSSR count). The molecule has 0 aliphatic heterocycles. The Balaban J connectivity index is 2.26. The third-order valence-electron chi connectivity index (χ3n) is 2.41. The maximum Gasteiger partial charge on any atom is 0.293 e. The summed E-state index contributed by atoms with van der Waals surface area (Å²) >= 11 is 4.74. The van der Waals surface area contributed by atoms with Crippen LogP contribution in [0.1, 0.15) is 17.8 Å². The van der Waals surface area contributed by atoms with E-state index in [4.69, 9.17) is 0 Å². The summed E-state index contributed by atoms with van der Waals surface area (Å²) in [5, 5.41) is 14.1. The highest BCUT2D eigenvalue weighted by molar-refractivity contribution is 9.10. The van der Waals surface area contributed by atoms with Gasteiger partial charge in [0, 0.05) is 21.6 Å². The molecule has 0 aliphatic rings. The number of nitro benzene ring substituents is 1. The van der Waals surface area contributed by atoms with Crippen LogP contribution in [0.15, 0.2) is 34.4 Å². The molecule has 7 heteroatoms. The molecule has 0 spiro atoms. The van der Waals surface area contributed by atoms with Crippen molar-refractivity contribution in [3.8, 4) is 0 Å².